The van der Waals surface area contributed by atoms with E-state index in [0.717, 1.165) is 34.1 Å². The number of hydrogen-bond donors (Lipinski definition) is 2. The monoisotopic (exact) mass is 349 g/mol. The standard InChI is InChI=1S/C21H23N3O2/c1-4-15-7-5-6-8-17(15)23-20(25)13-24(3)21(26)19-12-16-10-9-14(2)11-18(16)22-19/h5-12,22H,4,13H2,1-3H3,(H,23,25). The number of aryl methyl sites for hydroxylation is 2. The van der Waals surface area contributed by atoms with Crippen molar-refractivity contribution in [1.82, 2.24) is 9.88 Å². The summed E-state index contributed by atoms with van der Waals surface area (Å²) in [5.41, 5.74) is 4.39. The number of aromatic amines is 1. The number of amides is 2. The summed E-state index contributed by atoms with van der Waals surface area (Å²) in [6.45, 7) is 4.04. The predicted octanol–water partition coefficient (Wildman–Crippen LogP) is 3.75. The molecule has 0 bridgehead atoms. The lowest BCUT2D eigenvalue weighted by atomic mass is 10.1. The molecule has 2 amide bonds. The maximum Gasteiger partial charge on any atom is 0.270 e. The van der Waals surface area contributed by atoms with Gasteiger partial charge in [-0.25, -0.2) is 0 Å². The Morgan fingerprint density at radius 2 is 1.88 bits per heavy atom. The van der Waals surface area contributed by atoms with Crippen LogP contribution < -0.4 is 5.32 Å². The SMILES string of the molecule is CCc1ccccc1NC(=O)CN(C)C(=O)c1cc2ccc(C)cc2[nH]1. The quantitative estimate of drug-likeness (QED) is 0.737. The van der Waals surface area contributed by atoms with E-state index in [9.17, 15) is 9.59 Å². The van der Waals surface area contributed by atoms with Crippen LogP contribution in [0.2, 0.25) is 0 Å². The van der Waals surface area contributed by atoms with E-state index in [0.29, 0.717) is 5.69 Å². The highest BCUT2D eigenvalue weighted by Gasteiger charge is 2.17. The molecule has 0 aliphatic heterocycles. The van der Waals surface area contributed by atoms with Crippen molar-refractivity contribution in [3.63, 3.8) is 0 Å². The van der Waals surface area contributed by atoms with Gasteiger partial charge in [0.1, 0.15) is 5.69 Å². The average Bonchev–Trinajstić information content (AvgIpc) is 3.04. The molecule has 0 saturated carbocycles. The van der Waals surface area contributed by atoms with Crippen molar-refractivity contribution in [1.29, 1.82) is 0 Å². The summed E-state index contributed by atoms with van der Waals surface area (Å²) >= 11 is 0. The maximum absolute atomic E-state index is 12.6. The third-order valence-electron chi connectivity index (χ3n) is 4.41. The fourth-order valence-corrected chi connectivity index (χ4v) is 2.99. The Morgan fingerprint density at radius 1 is 1.12 bits per heavy atom. The zero-order valence-corrected chi connectivity index (χ0v) is 15.3. The normalized spacial score (nSPS) is 10.7. The van der Waals surface area contributed by atoms with Crippen molar-refractivity contribution in [2.24, 2.45) is 0 Å². The van der Waals surface area contributed by atoms with Crippen LogP contribution in [0.5, 0.6) is 0 Å². The second-order valence-electron chi connectivity index (χ2n) is 6.49. The summed E-state index contributed by atoms with van der Waals surface area (Å²) in [5.74, 6) is -0.425. The van der Waals surface area contributed by atoms with Gasteiger partial charge in [0, 0.05) is 23.6 Å². The number of aromatic nitrogens is 1. The predicted molar refractivity (Wildman–Crippen MR) is 104 cm³/mol. The first kappa shape index (κ1) is 17.7. The number of rotatable bonds is 5. The van der Waals surface area contributed by atoms with Crippen molar-refractivity contribution in [2.45, 2.75) is 20.3 Å². The molecule has 2 N–H and O–H groups in total. The summed E-state index contributed by atoms with van der Waals surface area (Å²) in [6.07, 6.45) is 0.833. The van der Waals surface area contributed by atoms with Crippen LogP contribution in [0.1, 0.15) is 28.5 Å². The third-order valence-corrected chi connectivity index (χ3v) is 4.41. The van der Waals surface area contributed by atoms with Gasteiger partial charge >= 0.3 is 0 Å². The molecule has 3 rings (SSSR count). The summed E-state index contributed by atoms with van der Waals surface area (Å²) in [7, 11) is 1.63. The number of para-hydroxylation sites is 1. The number of H-pyrrole nitrogens is 1. The van der Waals surface area contributed by atoms with E-state index in [4.69, 9.17) is 0 Å². The van der Waals surface area contributed by atoms with Gasteiger partial charge in [-0.1, -0.05) is 37.3 Å². The zero-order chi connectivity index (χ0) is 18.7. The number of anilines is 1. The first-order chi connectivity index (χ1) is 12.5. The van der Waals surface area contributed by atoms with Crippen LogP contribution >= 0.6 is 0 Å². The summed E-state index contributed by atoms with van der Waals surface area (Å²) in [4.78, 5) is 29.5. The first-order valence-corrected chi connectivity index (χ1v) is 8.70. The Morgan fingerprint density at radius 3 is 2.65 bits per heavy atom. The third kappa shape index (κ3) is 3.77. The lowest BCUT2D eigenvalue weighted by molar-refractivity contribution is -0.116. The molecule has 1 aromatic heterocycles. The van der Waals surface area contributed by atoms with Crippen molar-refractivity contribution < 1.29 is 9.59 Å². The molecule has 5 heteroatoms. The van der Waals surface area contributed by atoms with Crippen LogP contribution in [0, 0.1) is 6.92 Å². The second-order valence-corrected chi connectivity index (χ2v) is 6.49. The van der Waals surface area contributed by atoms with Crippen LogP contribution in [-0.2, 0) is 11.2 Å². The van der Waals surface area contributed by atoms with Crippen molar-refractivity contribution in [3.8, 4) is 0 Å². The van der Waals surface area contributed by atoms with Gasteiger partial charge in [0.05, 0.1) is 6.54 Å². The Hall–Kier alpha value is -3.08. The first-order valence-electron chi connectivity index (χ1n) is 8.70. The summed E-state index contributed by atoms with van der Waals surface area (Å²) in [6, 6.07) is 15.5. The van der Waals surface area contributed by atoms with Crippen LogP contribution in [0.15, 0.2) is 48.5 Å². The maximum atomic E-state index is 12.6. The molecule has 26 heavy (non-hydrogen) atoms. The van der Waals surface area contributed by atoms with Crippen LogP contribution in [0.4, 0.5) is 5.69 Å². The number of carbonyl (C=O) groups is 2. The lowest BCUT2D eigenvalue weighted by Gasteiger charge is -2.17. The molecule has 0 aliphatic rings. The van der Waals surface area contributed by atoms with Gasteiger partial charge in [-0.15, -0.1) is 0 Å². The number of nitrogens with zero attached hydrogens (tertiary/aromatic N) is 1. The van der Waals surface area contributed by atoms with Crippen molar-refractivity contribution in [2.75, 3.05) is 18.9 Å². The number of carbonyl (C=O) groups excluding carboxylic acids is 2. The number of hydrogen-bond acceptors (Lipinski definition) is 2. The van der Waals surface area contributed by atoms with Gasteiger partial charge < -0.3 is 15.2 Å². The molecular formula is C21H23N3O2. The van der Waals surface area contributed by atoms with Gasteiger partial charge in [-0.05, 0) is 42.7 Å². The molecule has 1 heterocycles. The largest absolute Gasteiger partial charge is 0.351 e. The molecule has 2 aromatic carbocycles. The molecule has 0 atom stereocenters. The van der Waals surface area contributed by atoms with E-state index in [1.807, 2.05) is 62.4 Å². The van der Waals surface area contributed by atoms with Gasteiger partial charge in [-0.3, -0.25) is 9.59 Å². The Kier molecular flexibility index (Phi) is 5.07. The van der Waals surface area contributed by atoms with E-state index in [1.54, 1.807) is 7.05 Å². The van der Waals surface area contributed by atoms with Crippen LogP contribution in [-0.4, -0.2) is 35.3 Å². The highest BCUT2D eigenvalue weighted by molar-refractivity contribution is 6.01. The van der Waals surface area contributed by atoms with Crippen molar-refractivity contribution in [3.05, 3.63) is 65.4 Å². The Balaban J connectivity index is 1.69. The van der Waals surface area contributed by atoms with Gasteiger partial charge in [0.2, 0.25) is 5.91 Å². The number of benzene rings is 2. The number of nitrogens with one attached hydrogen (secondary N) is 2. The second kappa shape index (κ2) is 7.44. The fraction of sp³-hybridized carbons (Fsp3) is 0.238. The van der Waals surface area contributed by atoms with E-state index in [2.05, 4.69) is 10.3 Å². The lowest BCUT2D eigenvalue weighted by Crippen LogP contribution is -2.35. The molecule has 134 valence electrons. The van der Waals surface area contributed by atoms with Gasteiger partial charge in [0.15, 0.2) is 0 Å². The van der Waals surface area contributed by atoms with E-state index in [-0.39, 0.29) is 18.4 Å². The highest BCUT2D eigenvalue weighted by Crippen LogP contribution is 2.18. The molecule has 5 nitrogen and oxygen atoms in total. The van der Waals surface area contributed by atoms with Gasteiger partial charge in [0.25, 0.3) is 5.91 Å². The summed E-state index contributed by atoms with van der Waals surface area (Å²) in [5, 5.41) is 3.87. The molecule has 3 aromatic rings. The minimum atomic E-state index is -0.214. The molecule has 0 spiro atoms. The molecular weight excluding hydrogens is 326 g/mol. The minimum absolute atomic E-state index is 0.00866. The molecule has 0 fully saturated rings. The molecule has 0 aliphatic carbocycles. The molecule has 0 unspecified atom stereocenters. The molecule has 0 radical (unpaired) electrons. The average molecular weight is 349 g/mol. The highest BCUT2D eigenvalue weighted by atomic mass is 16.2. The Labute approximate surface area is 153 Å². The minimum Gasteiger partial charge on any atom is -0.351 e. The fourth-order valence-electron chi connectivity index (χ4n) is 2.99. The van der Waals surface area contributed by atoms with Gasteiger partial charge in [-0.2, -0.15) is 0 Å². The topological polar surface area (TPSA) is 65.2 Å². The smallest absolute Gasteiger partial charge is 0.270 e. The zero-order valence-electron chi connectivity index (χ0n) is 15.3. The molecule has 0 saturated heterocycles. The van der Waals surface area contributed by atoms with E-state index in [1.165, 1.54) is 4.90 Å². The number of fused-ring (bicyclic) bond motifs is 1. The van der Waals surface area contributed by atoms with Crippen LogP contribution in [0.3, 0.4) is 0 Å². The number of likely N-dealkylation sites (N-methyl/N-ethyl adjacent to an activating group) is 1. The summed E-state index contributed by atoms with van der Waals surface area (Å²) < 4.78 is 0. The van der Waals surface area contributed by atoms with Crippen molar-refractivity contribution >= 4 is 28.4 Å². The Bertz CT molecular complexity index is 959. The van der Waals surface area contributed by atoms with Crippen LogP contribution in [0.25, 0.3) is 10.9 Å². The van der Waals surface area contributed by atoms with E-state index < -0.39 is 0 Å². The van der Waals surface area contributed by atoms with E-state index >= 15 is 0 Å².